The zero-order valence-corrected chi connectivity index (χ0v) is 15.0. The van der Waals surface area contributed by atoms with Gasteiger partial charge in [-0.2, -0.15) is 13.2 Å². The SMILES string of the molecule is O=C1CC(c2cccc(C(F)(F)F)c2)c2cc(Br)c3ccccc3c2N1. The summed E-state index contributed by atoms with van der Waals surface area (Å²) in [5.41, 5.74) is 1.26. The van der Waals surface area contributed by atoms with Crippen LogP contribution in [0.15, 0.2) is 59.1 Å². The Hall–Kier alpha value is -2.34. The first-order chi connectivity index (χ1) is 12.3. The Bertz CT molecular complexity index is 1030. The van der Waals surface area contributed by atoms with E-state index >= 15 is 0 Å². The number of carbonyl (C=O) groups is 1. The fraction of sp³-hybridized carbons (Fsp3) is 0.150. The van der Waals surface area contributed by atoms with Crippen molar-refractivity contribution in [2.45, 2.75) is 18.5 Å². The van der Waals surface area contributed by atoms with Gasteiger partial charge in [0, 0.05) is 22.2 Å². The lowest BCUT2D eigenvalue weighted by molar-refractivity contribution is -0.137. The molecule has 132 valence electrons. The third-order valence-electron chi connectivity index (χ3n) is 4.67. The summed E-state index contributed by atoms with van der Waals surface area (Å²) in [6.07, 6.45) is -4.31. The first-order valence-corrected chi connectivity index (χ1v) is 8.82. The minimum Gasteiger partial charge on any atom is -0.325 e. The van der Waals surface area contributed by atoms with Crippen LogP contribution < -0.4 is 5.32 Å². The highest BCUT2D eigenvalue weighted by Crippen LogP contribution is 2.44. The van der Waals surface area contributed by atoms with Gasteiger partial charge in [-0.1, -0.05) is 58.4 Å². The molecule has 0 aliphatic carbocycles. The Morgan fingerprint density at radius 3 is 2.46 bits per heavy atom. The fourth-order valence-electron chi connectivity index (χ4n) is 3.48. The van der Waals surface area contributed by atoms with Gasteiger partial charge in [-0.25, -0.2) is 0 Å². The summed E-state index contributed by atoms with van der Waals surface area (Å²) in [4.78, 5) is 12.3. The van der Waals surface area contributed by atoms with Crippen LogP contribution in [0.5, 0.6) is 0 Å². The van der Waals surface area contributed by atoms with Gasteiger partial charge in [-0.05, 0) is 28.6 Å². The van der Waals surface area contributed by atoms with E-state index in [0.29, 0.717) is 11.3 Å². The van der Waals surface area contributed by atoms with Gasteiger partial charge < -0.3 is 5.32 Å². The molecule has 1 atom stereocenters. The van der Waals surface area contributed by atoms with Crippen molar-refractivity contribution in [2.75, 3.05) is 5.32 Å². The molecular formula is C20H13BrF3NO. The van der Waals surface area contributed by atoms with Crippen LogP contribution in [0.3, 0.4) is 0 Å². The number of alkyl halides is 3. The van der Waals surface area contributed by atoms with E-state index in [2.05, 4.69) is 21.2 Å². The molecule has 1 amide bonds. The number of hydrogen-bond acceptors (Lipinski definition) is 1. The third kappa shape index (κ3) is 2.88. The maximum atomic E-state index is 13.1. The molecule has 3 aromatic carbocycles. The Morgan fingerprint density at radius 2 is 1.73 bits per heavy atom. The lowest BCUT2D eigenvalue weighted by atomic mass is 9.83. The predicted octanol–water partition coefficient (Wildman–Crippen LogP) is 6.10. The normalized spacial score (nSPS) is 17.1. The molecule has 26 heavy (non-hydrogen) atoms. The summed E-state index contributed by atoms with van der Waals surface area (Å²) in [5.74, 6) is -0.630. The van der Waals surface area contributed by atoms with E-state index in [-0.39, 0.29) is 12.3 Å². The lowest BCUT2D eigenvalue weighted by Gasteiger charge is -2.28. The number of benzene rings is 3. The molecule has 1 N–H and O–H groups in total. The Kier molecular flexibility index (Phi) is 4.03. The summed E-state index contributed by atoms with van der Waals surface area (Å²) >= 11 is 3.54. The molecular weight excluding hydrogens is 407 g/mol. The van der Waals surface area contributed by atoms with Crippen molar-refractivity contribution in [2.24, 2.45) is 0 Å². The minimum absolute atomic E-state index is 0.110. The molecule has 2 nitrogen and oxygen atoms in total. The molecule has 6 heteroatoms. The monoisotopic (exact) mass is 419 g/mol. The van der Waals surface area contributed by atoms with E-state index < -0.39 is 17.7 Å². The molecule has 1 unspecified atom stereocenters. The van der Waals surface area contributed by atoms with Gasteiger partial charge in [0.15, 0.2) is 0 Å². The topological polar surface area (TPSA) is 29.1 Å². The highest BCUT2D eigenvalue weighted by molar-refractivity contribution is 9.10. The second-order valence-corrected chi connectivity index (χ2v) is 7.15. The number of nitrogens with one attached hydrogen (secondary N) is 1. The predicted molar refractivity (Wildman–Crippen MR) is 98.2 cm³/mol. The zero-order chi connectivity index (χ0) is 18.5. The van der Waals surface area contributed by atoms with Crippen LogP contribution >= 0.6 is 15.9 Å². The molecule has 4 rings (SSSR count). The first kappa shape index (κ1) is 17.1. The number of hydrogen-bond donors (Lipinski definition) is 1. The minimum atomic E-state index is -4.42. The van der Waals surface area contributed by atoms with Crippen molar-refractivity contribution in [3.63, 3.8) is 0 Å². The van der Waals surface area contributed by atoms with Gasteiger partial charge in [0.25, 0.3) is 0 Å². The summed E-state index contributed by atoms with van der Waals surface area (Å²) in [6.45, 7) is 0. The molecule has 0 radical (unpaired) electrons. The van der Waals surface area contributed by atoms with Crippen LogP contribution in [0.4, 0.5) is 18.9 Å². The number of carbonyl (C=O) groups excluding carboxylic acids is 1. The largest absolute Gasteiger partial charge is 0.416 e. The van der Waals surface area contributed by atoms with Gasteiger partial charge in [-0.15, -0.1) is 0 Å². The van der Waals surface area contributed by atoms with Crippen LogP contribution in [0.2, 0.25) is 0 Å². The maximum Gasteiger partial charge on any atom is 0.416 e. The molecule has 0 saturated heterocycles. The van der Waals surface area contributed by atoms with E-state index in [1.54, 1.807) is 6.07 Å². The molecule has 0 aromatic heterocycles. The molecule has 1 heterocycles. The van der Waals surface area contributed by atoms with Crippen molar-refractivity contribution >= 4 is 38.3 Å². The molecule has 1 aliphatic heterocycles. The van der Waals surface area contributed by atoms with Gasteiger partial charge in [0.2, 0.25) is 5.91 Å². The smallest absolute Gasteiger partial charge is 0.325 e. The Labute approximate surface area is 156 Å². The highest BCUT2D eigenvalue weighted by Gasteiger charge is 2.33. The average Bonchev–Trinajstić information content (AvgIpc) is 2.62. The Balaban J connectivity index is 1.93. The highest BCUT2D eigenvalue weighted by atomic mass is 79.9. The third-order valence-corrected chi connectivity index (χ3v) is 5.33. The summed E-state index contributed by atoms with van der Waals surface area (Å²) < 4.78 is 40.1. The van der Waals surface area contributed by atoms with Gasteiger partial charge in [-0.3, -0.25) is 4.79 Å². The molecule has 0 spiro atoms. The molecule has 0 bridgehead atoms. The van der Waals surface area contributed by atoms with Crippen LogP contribution in [0.1, 0.15) is 29.0 Å². The van der Waals surface area contributed by atoms with E-state index in [1.807, 2.05) is 30.3 Å². The van der Waals surface area contributed by atoms with E-state index in [9.17, 15) is 18.0 Å². The second kappa shape index (κ2) is 6.13. The fourth-order valence-corrected chi connectivity index (χ4v) is 4.07. The van der Waals surface area contributed by atoms with Crippen molar-refractivity contribution in [1.29, 1.82) is 0 Å². The number of halogens is 4. The Morgan fingerprint density at radius 1 is 1.00 bits per heavy atom. The van der Waals surface area contributed by atoms with Crippen LogP contribution in [0.25, 0.3) is 10.8 Å². The molecule has 1 aliphatic rings. The van der Waals surface area contributed by atoms with E-state index in [4.69, 9.17) is 0 Å². The second-order valence-electron chi connectivity index (χ2n) is 6.30. The molecule has 0 saturated carbocycles. The molecule has 0 fully saturated rings. The average molecular weight is 420 g/mol. The van der Waals surface area contributed by atoms with Gasteiger partial charge >= 0.3 is 6.18 Å². The number of fused-ring (bicyclic) bond motifs is 3. The summed E-state index contributed by atoms with van der Waals surface area (Å²) in [7, 11) is 0. The first-order valence-electron chi connectivity index (χ1n) is 8.03. The van der Waals surface area contributed by atoms with Crippen molar-refractivity contribution in [3.8, 4) is 0 Å². The zero-order valence-electron chi connectivity index (χ0n) is 13.4. The van der Waals surface area contributed by atoms with Crippen LogP contribution in [-0.2, 0) is 11.0 Å². The number of rotatable bonds is 1. The van der Waals surface area contributed by atoms with E-state index in [1.165, 1.54) is 6.07 Å². The van der Waals surface area contributed by atoms with E-state index in [0.717, 1.165) is 32.9 Å². The standard InChI is InChI=1S/C20H13BrF3NO/c21-17-9-16-15(11-4-3-5-12(8-11)20(22,23)24)10-18(26)25-19(16)14-7-2-1-6-13(14)17/h1-9,15H,10H2,(H,25,26). The number of anilines is 1. The van der Waals surface area contributed by atoms with Crippen molar-refractivity contribution < 1.29 is 18.0 Å². The maximum absolute atomic E-state index is 13.1. The van der Waals surface area contributed by atoms with Crippen molar-refractivity contribution in [3.05, 3.63) is 75.8 Å². The summed E-state index contributed by atoms with van der Waals surface area (Å²) in [5, 5.41) is 4.70. The number of amides is 1. The molecule has 3 aromatic rings. The van der Waals surface area contributed by atoms with Crippen LogP contribution in [-0.4, -0.2) is 5.91 Å². The lowest BCUT2D eigenvalue weighted by Crippen LogP contribution is -2.24. The summed E-state index contributed by atoms with van der Waals surface area (Å²) in [6, 6.07) is 14.7. The van der Waals surface area contributed by atoms with Crippen LogP contribution in [0, 0.1) is 0 Å². The van der Waals surface area contributed by atoms with Gasteiger partial charge in [0.1, 0.15) is 0 Å². The van der Waals surface area contributed by atoms with Crippen molar-refractivity contribution in [1.82, 2.24) is 0 Å². The quantitative estimate of drug-likeness (QED) is 0.507. The van der Waals surface area contributed by atoms with Gasteiger partial charge in [0.05, 0.1) is 11.3 Å².